The first kappa shape index (κ1) is 13.7. The maximum absolute atomic E-state index is 13.1. The lowest BCUT2D eigenvalue weighted by Gasteiger charge is -2.54. The molecule has 116 valence electrons. The molecule has 1 amide bonds. The van der Waals surface area contributed by atoms with Crippen molar-refractivity contribution in [3.05, 3.63) is 0 Å². The first-order chi connectivity index (χ1) is 10.2. The van der Waals surface area contributed by atoms with Gasteiger partial charge in [-0.15, -0.1) is 0 Å². The number of carbonyl (C=O) groups excluding carboxylic acids is 1. The maximum atomic E-state index is 13.1. The van der Waals surface area contributed by atoms with Gasteiger partial charge in [0.05, 0.1) is 5.41 Å². The average molecular weight is 289 g/mol. The van der Waals surface area contributed by atoms with E-state index in [-0.39, 0.29) is 17.0 Å². The van der Waals surface area contributed by atoms with E-state index < -0.39 is 0 Å². The molecule has 0 aromatic heterocycles. The van der Waals surface area contributed by atoms with Crippen LogP contribution in [0.4, 0.5) is 0 Å². The van der Waals surface area contributed by atoms with E-state index in [1.165, 1.54) is 37.8 Å². The van der Waals surface area contributed by atoms with Crippen LogP contribution in [0.3, 0.4) is 0 Å². The zero-order valence-electron chi connectivity index (χ0n) is 13.2. The SMILES string of the molecule is CCN1C[C@H]2CCC[C@]3(C1)C(=O)NC1(CCCCC1)N=C23. The van der Waals surface area contributed by atoms with Gasteiger partial charge < -0.3 is 10.2 Å². The molecule has 21 heavy (non-hydrogen) atoms. The smallest absolute Gasteiger partial charge is 0.235 e. The van der Waals surface area contributed by atoms with Gasteiger partial charge in [0, 0.05) is 24.7 Å². The van der Waals surface area contributed by atoms with Gasteiger partial charge in [-0.2, -0.15) is 0 Å². The van der Waals surface area contributed by atoms with Crippen LogP contribution in [0, 0.1) is 11.3 Å². The highest BCUT2D eigenvalue weighted by Crippen LogP contribution is 2.47. The fraction of sp³-hybridized carbons (Fsp3) is 0.882. The van der Waals surface area contributed by atoms with Gasteiger partial charge in [0.15, 0.2) is 0 Å². The number of rotatable bonds is 1. The molecule has 0 unspecified atom stereocenters. The van der Waals surface area contributed by atoms with Gasteiger partial charge in [0.1, 0.15) is 5.66 Å². The van der Waals surface area contributed by atoms with Crippen LogP contribution in [0.1, 0.15) is 58.3 Å². The number of carbonyl (C=O) groups is 1. The van der Waals surface area contributed by atoms with Gasteiger partial charge >= 0.3 is 0 Å². The second kappa shape index (κ2) is 4.80. The van der Waals surface area contributed by atoms with Crippen LogP contribution < -0.4 is 5.32 Å². The first-order valence-electron chi connectivity index (χ1n) is 8.83. The first-order valence-corrected chi connectivity index (χ1v) is 8.83. The third-order valence-electron chi connectivity index (χ3n) is 6.25. The van der Waals surface area contributed by atoms with Crippen molar-refractivity contribution in [2.24, 2.45) is 16.3 Å². The molecular formula is C17H27N3O. The summed E-state index contributed by atoms with van der Waals surface area (Å²) in [5, 5.41) is 3.37. The summed E-state index contributed by atoms with van der Waals surface area (Å²) < 4.78 is 0. The second-order valence-corrected chi connectivity index (χ2v) is 7.54. The second-order valence-electron chi connectivity index (χ2n) is 7.54. The van der Waals surface area contributed by atoms with E-state index >= 15 is 0 Å². The zero-order chi connectivity index (χ0) is 14.5. The number of hydrogen-bond donors (Lipinski definition) is 1. The van der Waals surface area contributed by atoms with E-state index in [9.17, 15) is 4.79 Å². The van der Waals surface area contributed by atoms with Crippen LogP contribution in [0.25, 0.3) is 0 Å². The number of likely N-dealkylation sites (tertiary alicyclic amines) is 1. The molecule has 4 nitrogen and oxygen atoms in total. The molecule has 3 fully saturated rings. The predicted octanol–water partition coefficient (Wildman–Crippen LogP) is 2.34. The minimum Gasteiger partial charge on any atom is -0.331 e. The number of hydrogen-bond acceptors (Lipinski definition) is 3. The highest BCUT2D eigenvalue weighted by Gasteiger charge is 2.57. The molecule has 1 spiro atoms. The Bertz CT molecular complexity index is 480. The summed E-state index contributed by atoms with van der Waals surface area (Å²) in [5.41, 5.74) is 0.752. The Kier molecular flexibility index (Phi) is 3.14. The van der Waals surface area contributed by atoms with E-state index in [0.29, 0.717) is 5.92 Å². The van der Waals surface area contributed by atoms with Crippen molar-refractivity contribution in [1.29, 1.82) is 0 Å². The van der Waals surface area contributed by atoms with Gasteiger partial charge in [-0.05, 0) is 45.1 Å². The molecule has 2 aliphatic heterocycles. The third kappa shape index (κ3) is 1.98. The van der Waals surface area contributed by atoms with Crippen molar-refractivity contribution in [1.82, 2.24) is 10.2 Å². The third-order valence-corrected chi connectivity index (χ3v) is 6.25. The lowest BCUT2D eigenvalue weighted by molar-refractivity contribution is -0.134. The van der Waals surface area contributed by atoms with Crippen molar-refractivity contribution in [3.63, 3.8) is 0 Å². The van der Waals surface area contributed by atoms with Gasteiger partial charge in [0.25, 0.3) is 0 Å². The number of nitrogens with one attached hydrogen (secondary N) is 1. The Labute approximate surface area is 127 Å². The van der Waals surface area contributed by atoms with Gasteiger partial charge in [-0.25, -0.2) is 0 Å². The van der Waals surface area contributed by atoms with Crippen LogP contribution in [-0.4, -0.2) is 41.8 Å². The fourth-order valence-electron chi connectivity index (χ4n) is 5.11. The van der Waals surface area contributed by atoms with Crippen molar-refractivity contribution in [2.75, 3.05) is 19.6 Å². The number of nitrogens with zero attached hydrogens (tertiary/aromatic N) is 2. The molecule has 0 aromatic rings. The normalized spacial score (nSPS) is 38.6. The molecule has 4 heteroatoms. The molecule has 2 atom stereocenters. The topological polar surface area (TPSA) is 44.7 Å². The minimum atomic E-state index is -0.292. The number of amides is 1. The van der Waals surface area contributed by atoms with Crippen molar-refractivity contribution < 1.29 is 4.79 Å². The van der Waals surface area contributed by atoms with E-state index in [1.807, 2.05) is 0 Å². The monoisotopic (exact) mass is 289 g/mol. The summed E-state index contributed by atoms with van der Waals surface area (Å²) in [4.78, 5) is 20.8. The number of aliphatic imine (C=N–C) groups is 1. The Morgan fingerprint density at radius 3 is 2.81 bits per heavy atom. The van der Waals surface area contributed by atoms with Crippen molar-refractivity contribution in [3.8, 4) is 0 Å². The molecule has 0 aromatic carbocycles. The molecule has 2 heterocycles. The largest absolute Gasteiger partial charge is 0.331 e. The van der Waals surface area contributed by atoms with Crippen molar-refractivity contribution in [2.45, 2.75) is 64.0 Å². The van der Waals surface area contributed by atoms with Crippen LogP contribution in [0.15, 0.2) is 4.99 Å². The van der Waals surface area contributed by atoms with Gasteiger partial charge in [-0.3, -0.25) is 9.79 Å². The van der Waals surface area contributed by atoms with Crippen LogP contribution in [0.2, 0.25) is 0 Å². The summed E-state index contributed by atoms with van der Waals surface area (Å²) in [6, 6.07) is 0. The molecule has 4 aliphatic rings. The molecular weight excluding hydrogens is 262 g/mol. The van der Waals surface area contributed by atoms with Gasteiger partial charge in [-0.1, -0.05) is 19.8 Å². The highest BCUT2D eigenvalue weighted by atomic mass is 16.2. The van der Waals surface area contributed by atoms with E-state index in [4.69, 9.17) is 4.99 Å². The van der Waals surface area contributed by atoms with Gasteiger partial charge in [0.2, 0.25) is 5.91 Å². The minimum absolute atomic E-state index is 0.238. The molecule has 2 aliphatic carbocycles. The quantitative estimate of drug-likeness (QED) is 0.805. The Morgan fingerprint density at radius 1 is 1.24 bits per heavy atom. The molecule has 2 bridgehead atoms. The Hall–Kier alpha value is -0.900. The predicted molar refractivity (Wildman–Crippen MR) is 83.3 cm³/mol. The summed E-state index contributed by atoms with van der Waals surface area (Å²) >= 11 is 0. The Morgan fingerprint density at radius 2 is 2.05 bits per heavy atom. The lowest BCUT2D eigenvalue weighted by Crippen LogP contribution is -2.69. The highest BCUT2D eigenvalue weighted by molar-refractivity contribution is 6.12. The standard InChI is InChI=1S/C17H27N3O/c1-2-20-11-13-7-6-8-16(12-20)14(13)18-17(19-15(16)21)9-4-3-5-10-17/h13H,2-12H2,1H3,(H,19,21)/t13-,16-/m1/s1. The summed E-state index contributed by atoms with van der Waals surface area (Å²) in [6.07, 6.45) is 9.19. The van der Waals surface area contributed by atoms with Crippen LogP contribution >= 0.6 is 0 Å². The summed E-state index contributed by atoms with van der Waals surface area (Å²) in [5.74, 6) is 0.814. The lowest BCUT2D eigenvalue weighted by atomic mass is 9.62. The van der Waals surface area contributed by atoms with E-state index in [0.717, 1.165) is 38.9 Å². The number of piperidine rings is 1. The molecule has 0 radical (unpaired) electrons. The molecule has 2 saturated carbocycles. The Balaban J connectivity index is 1.75. The zero-order valence-corrected chi connectivity index (χ0v) is 13.2. The molecule has 4 rings (SSSR count). The van der Waals surface area contributed by atoms with Crippen LogP contribution in [-0.2, 0) is 4.79 Å². The van der Waals surface area contributed by atoms with Crippen molar-refractivity contribution >= 4 is 11.6 Å². The maximum Gasteiger partial charge on any atom is 0.235 e. The average Bonchev–Trinajstić information content (AvgIpc) is 2.47. The van der Waals surface area contributed by atoms with E-state index in [2.05, 4.69) is 17.1 Å². The molecule has 1 N–H and O–H groups in total. The summed E-state index contributed by atoms with van der Waals surface area (Å²) in [6.45, 7) is 5.25. The molecule has 1 saturated heterocycles. The van der Waals surface area contributed by atoms with E-state index in [1.54, 1.807) is 0 Å². The fourth-order valence-corrected chi connectivity index (χ4v) is 5.11. The van der Waals surface area contributed by atoms with Crippen LogP contribution in [0.5, 0.6) is 0 Å². The summed E-state index contributed by atoms with van der Waals surface area (Å²) in [7, 11) is 0.